The van der Waals surface area contributed by atoms with Crippen LogP contribution < -0.4 is 4.90 Å². The first-order valence-electron chi connectivity index (χ1n) is 6.85. The van der Waals surface area contributed by atoms with Crippen molar-refractivity contribution < 1.29 is 0 Å². The highest BCUT2D eigenvalue weighted by atomic mass is 15.2. The molecular formula is C15H22N4. The Morgan fingerprint density at radius 2 is 1.79 bits per heavy atom. The Hall–Kier alpha value is -1.67. The van der Waals surface area contributed by atoms with Crippen molar-refractivity contribution in [1.82, 2.24) is 0 Å². The molecule has 1 aromatic carbocycles. The third kappa shape index (κ3) is 2.28. The summed E-state index contributed by atoms with van der Waals surface area (Å²) in [5, 5.41) is 3.79. The molecular weight excluding hydrogens is 236 g/mol. The summed E-state index contributed by atoms with van der Waals surface area (Å²) in [4.78, 5) is 5.28. The molecule has 0 amide bonds. The van der Waals surface area contributed by atoms with E-state index in [1.165, 1.54) is 33.5 Å². The lowest BCUT2D eigenvalue weighted by Gasteiger charge is -2.25. The predicted octanol–water partition coefficient (Wildman–Crippen LogP) is 3.98. The van der Waals surface area contributed by atoms with Gasteiger partial charge < -0.3 is 4.90 Å². The zero-order valence-electron chi connectivity index (χ0n) is 12.5. The van der Waals surface area contributed by atoms with Crippen LogP contribution in [0.15, 0.2) is 5.11 Å². The molecule has 0 spiro atoms. The van der Waals surface area contributed by atoms with Gasteiger partial charge in [0.1, 0.15) is 0 Å². The zero-order valence-corrected chi connectivity index (χ0v) is 12.5. The van der Waals surface area contributed by atoms with Crippen molar-refractivity contribution in [2.75, 3.05) is 18.0 Å². The molecule has 0 saturated carbocycles. The lowest BCUT2D eigenvalue weighted by molar-refractivity contribution is 0.688. The minimum Gasteiger partial charge on any atom is -0.370 e. The summed E-state index contributed by atoms with van der Waals surface area (Å²) in [5.74, 6) is 0. The predicted molar refractivity (Wildman–Crippen MR) is 79.9 cm³/mol. The summed E-state index contributed by atoms with van der Waals surface area (Å²) < 4.78 is 0. The van der Waals surface area contributed by atoms with Crippen LogP contribution in [0.5, 0.6) is 0 Å². The van der Waals surface area contributed by atoms with Gasteiger partial charge in [-0.1, -0.05) is 12.0 Å². The summed E-state index contributed by atoms with van der Waals surface area (Å²) in [6.45, 7) is 12.7. The van der Waals surface area contributed by atoms with Gasteiger partial charge in [-0.3, -0.25) is 0 Å². The second-order valence-corrected chi connectivity index (χ2v) is 5.58. The number of fused-ring (bicyclic) bond motifs is 1. The van der Waals surface area contributed by atoms with Crippen LogP contribution in [-0.2, 0) is 6.42 Å². The van der Waals surface area contributed by atoms with Crippen molar-refractivity contribution in [1.29, 1.82) is 0 Å². The van der Waals surface area contributed by atoms with E-state index in [2.05, 4.69) is 42.6 Å². The van der Waals surface area contributed by atoms with Crippen LogP contribution in [0.2, 0.25) is 0 Å². The molecule has 4 nitrogen and oxygen atoms in total. The van der Waals surface area contributed by atoms with Gasteiger partial charge in [0.05, 0.1) is 6.04 Å². The molecule has 0 fully saturated rings. The van der Waals surface area contributed by atoms with E-state index in [4.69, 9.17) is 5.53 Å². The second kappa shape index (κ2) is 5.14. The van der Waals surface area contributed by atoms with Gasteiger partial charge in [0, 0.05) is 23.7 Å². The Bertz CT molecular complexity index is 556. The minimum atomic E-state index is 0.0114. The number of azide groups is 1. The molecule has 2 rings (SSSR count). The number of hydrogen-bond acceptors (Lipinski definition) is 2. The Kier molecular flexibility index (Phi) is 3.72. The van der Waals surface area contributed by atoms with Crippen LogP contribution in [0, 0.1) is 27.7 Å². The van der Waals surface area contributed by atoms with Gasteiger partial charge in [-0.2, -0.15) is 0 Å². The first-order valence-corrected chi connectivity index (χ1v) is 6.85. The van der Waals surface area contributed by atoms with Crippen LogP contribution in [0.25, 0.3) is 10.4 Å². The quantitative estimate of drug-likeness (QED) is 0.459. The van der Waals surface area contributed by atoms with Crippen molar-refractivity contribution in [2.24, 2.45) is 5.11 Å². The zero-order chi connectivity index (χ0) is 14.2. The maximum Gasteiger partial charge on any atom is 0.0521 e. The van der Waals surface area contributed by atoms with Gasteiger partial charge >= 0.3 is 0 Å². The van der Waals surface area contributed by atoms with Gasteiger partial charge in [-0.25, -0.2) is 0 Å². The molecule has 0 radical (unpaired) electrons. The summed E-state index contributed by atoms with van der Waals surface area (Å²) in [7, 11) is 0. The summed E-state index contributed by atoms with van der Waals surface area (Å²) in [6, 6.07) is 0.0114. The van der Waals surface area contributed by atoms with E-state index in [1.54, 1.807) is 0 Å². The van der Waals surface area contributed by atoms with Crippen molar-refractivity contribution in [2.45, 2.75) is 47.1 Å². The number of anilines is 1. The maximum atomic E-state index is 8.52. The second-order valence-electron chi connectivity index (χ2n) is 5.58. The Morgan fingerprint density at radius 1 is 1.16 bits per heavy atom. The largest absolute Gasteiger partial charge is 0.370 e. The molecule has 102 valence electrons. The van der Waals surface area contributed by atoms with Gasteiger partial charge in [-0.05, 0) is 67.5 Å². The third-order valence-corrected chi connectivity index (χ3v) is 4.46. The normalized spacial score (nSPS) is 15.1. The smallest absolute Gasteiger partial charge is 0.0521 e. The van der Waals surface area contributed by atoms with E-state index >= 15 is 0 Å². The number of nitrogens with zero attached hydrogens (tertiary/aromatic N) is 4. The molecule has 1 aliphatic rings. The Morgan fingerprint density at radius 3 is 2.42 bits per heavy atom. The number of benzene rings is 1. The fourth-order valence-corrected chi connectivity index (χ4v) is 3.09. The fourth-order valence-electron chi connectivity index (χ4n) is 3.09. The summed E-state index contributed by atoms with van der Waals surface area (Å²) in [5.41, 5.74) is 17.0. The summed E-state index contributed by atoms with van der Waals surface area (Å²) >= 11 is 0. The lowest BCUT2D eigenvalue weighted by atomic mass is 9.92. The Balaban J connectivity index is 2.42. The van der Waals surface area contributed by atoms with Crippen molar-refractivity contribution in [3.63, 3.8) is 0 Å². The molecule has 0 N–H and O–H groups in total. The van der Waals surface area contributed by atoms with Crippen molar-refractivity contribution >= 4 is 5.69 Å². The summed E-state index contributed by atoms with van der Waals surface area (Å²) in [6.07, 6.45) is 1.10. The lowest BCUT2D eigenvalue weighted by Crippen LogP contribution is -2.28. The van der Waals surface area contributed by atoms with Gasteiger partial charge in [0.25, 0.3) is 0 Å². The van der Waals surface area contributed by atoms with Gasteiger partial charge in [0.15, 0.2) is 0 Å². The molecule has 19 heavy (non-hydrogen) atoms. The Labute approximate surface area is 115 Å². The van der Waals surface area contributed by atoms with Crippen molar-refractivity contribution in [3.05, 3.63) is 38.3 Å². The third-order valence-electron chi connectivity index (χ3n) is 4.46. The highest BCUT2D eigenvalue weighted by molar-refractivity contribution is 5.69. The van der Waals surface area contributed by atoms with Crippen LogP contribution in [-0.4, -0.2) is 19.1 Å². The monoisotopic (exact) mass is 258 g/mol. The van der Waals surface area contributed by atoms with Crippen LogP contribution in [0.3, 0.4) is 0 Å². The van der Waals surface area contributed by atoms with E-state index < -0.39 is 0 Å². The van der Waals surface area contributed by atoms with E-state index in [9.17, 15) is 0 Å². The molecule has 1 heterocycles. The van der Waals surface area contributed by atoms with Crippen molar-refractivity contribution in [3.8, 4) is 0 Å². The standard InChI is InChI=1S/C15H22N4/c1-9(17-18-16)8-19-7-6-14-12(4)10(2)11(3)13(5)15(14)19/h9H,6-8H2,1-5H3. The van der Waals surface area contributed by atoms with Gasteiger partial charge in [-0.15, -0.1) is 0 Å². The van der Waals surface area contributed by atoms with E-state index in [-0.39, 0.29) is 6.04 Å². The van der Waals surface area contributed by atoms with Crippen LogP contribution in [0.4, 0.5) is 5.69 Å². The maximum absolute atomic E-state index is 8.52. The molecule has 1 atom stereocenters. The highest BCUT2D eigenvalue weighted by Gasteiger charge is 2.26. The van der Waals surface area contributed by atoms with Crippen LogP contribution >= 0.6 is 0 Å². The molecule has 0 saturated heterocycles. The highest BCUT2D eigenvalue weighted by Crippen LogP contribution is 2.38. The van der Waals surface area contributed by atoms with E-state index in [0.29, 0.717) is 0 Å². The SMILES string of the molecule is Cc1c(C)c(C)c2c(c1C)CCN2CC(C)N=[N+]=[N-]. The number of hydrogen-bond donors (Lipinski definition) is 0. The van der Waals surface area contributed by atoms with E-state index in [0.717, 1.165) is 19.5 Å². The van der Waals surface area contributed by atoms with E-state index in [1.807, 2.05) is 6.92 Å². The molecule has 0 bridgehead atoms. The number of rotatable bonds is 3. The molecule has 4 heteroatoms. The molecule has 1 unspecified atom stereocenters. The first kappa shape index (κ1) is 13.8. The minimum absolute atomic E-state index is 0.0114. The molecule has 1 aromatic rings. The molecule has 0 aliphatic carbocycles. The molecule has 0 aromatic heterocycles. The average Bonchev–Trinajstić information content (AvgIpc) is 2.78. The fraction of sp³-hybridized carbons (Fsp3) is 0.600. The topological polar surface area (TPSA) is 52.0 Å². The average molecular weight is 258 g/mol. The first-order chi connectivity index (χ1) is 8.97. The van der Waals surface area contributed by atoms with Crippen LogP contribution in [0.1, 0.15) is 34.7 Å². The molecule has 1 aliphatic heterocycles. The van der Waals surface area contributed by atoms with Gasteiger partial charge in [0.2, 0.25) is 0 Å².